The van der Waals surface area contributed by atoms with Gasteiger partial charge in [-0.1, -0.05) is 42.5 Å². The number of carbonyl (C=O) groups is 1. The van der Waals surface area contributed by atoms with Crippen molar-refractivity contribution in [3.63, 3.8) is 0 Å². The Morgan fingerprint density at radius 1 is 0.939 bits per heavy atom. The molecule has 4 aromatic rings. The number of aromatic nitrogens is 3. The predicted molar refractivity (Wildman–Crippen MR) is 132 cm³/mol. The van der Waals surface area contributed by atoms with Gasteiger partial charge in [-0.3, -0.25) is 9.69 Å². The van der Waals surface area contributed by atoms with Crippen molar-refractivity contribution >= 4 is 28.9 Å². The molecule has 0 N–H and O–H groups in total. The van der Waals surface area contributed by atoms with Crippen LogP contribution in [0.15, 0.2) is 84.4 Å². The summed E-state index contributed by atoms with van der Waals surface area (Å²) in [5, 5.41) is 10.9. The van der Waals surface area contributed by atoms with Crippen LogP contribution in [-0.4, -0.2) is 34.2 Å². The van der Waals surface area contributed by atoms with E-state index in [-0.39, 0.29) is 11.8 Å². The summed E-state index contributed by atoms with van der Waals surface area (Å²) < 4.78 is 0. The molecule has 3 aromatic heterocycles. The molecule has 0 radical (unpaired) electrons. The SMILES string of the molecule is O=C(C1CCN(c2ccc(-c3cccs3)nn2)CC1)N(Cc1ccccc1)c1ccccn1. The van der Waals surface area contributed by atoms with Gasteiger partial charge in [0.15, 0.2) is 5.82 Å². The minimum atomic E-state index is -0.0367. The van der Waals surface area contributed by atoms with Crippen LogP contribution in [0.2, 0.25) is 0 Å². The number of amides is 1. The van der Waals surface area contributed by atoms with E-state index in [2.05, 4.69) is 20.1 Å². The molecule has 1 amide bonds. The molecule has 7 heteroatoms. The maximum absolute atomic E-state index is 13.6. The zero-order valence-electron chi connectivity index (χ0n) is 18.2. The van der Waals surface area contributed by atoms with E-state index < -0.39 is 0 Å². The lowest BCUT2D eigenvalue weighted by atomic mass is 9.95. The van der Waals surface area contributed by atoms with Gasteiger partial charge in [0.05, 0.1) is 11.4 Å². The highest BCUT2D eigenvalue weighted by molar-refractivity contribution is 7.13. The standard InChI is InChI=1S/C26H25N5OS/c32-26(31(24-10-4-5-15-27-24)19-20-7-2-1-3-8-20)21-13-16-30(17-14-21)25-12-11-22(28-29-25)23-9-6-18-33-23/h1-12,15,18,21H,13-14,16-17,19H2. The van der Waals surface area contributed by atoms with E-state index in [1.807, 2.05) is 83.1 Å². The third-order valence-corrected chi connectivity index (χ3v) is 6.86. The first-order valence-electron chi connectivity index (χ1n) is 11.2. The molecule has 33 heavy (non-hydrogen) atoms. The molecule has 166 valence electrons. The van der Waals surface area contributed by atoms with Crippen molar-refractivity contribution in [3.05, 3.63) is 89.9 Å². The summed E-state index contributed by atoms with van der Waals surface area (Å²) in [6.45, 7) is 2.09. The van der Waals surface area contributed by atoms with Crippen molar-refractivity contribution in [1.29, 1.82) is 0 Å². The van der Waals surface area contributed by atoms with Crippen molar-refractivity contribution in [1.82, 2.24) is 15.2 Å². The fraction of sp³-hybridized carbons (Fsp3) is 0.231. The number of benzene rings is 1. The molecule has 5 rings (SSSR count). The fourth-order valence-electron chi connectivity index (χ4n) is 4.18. The zero-order chi connectivity index (χ0) is 22.5. The Labute approximate surface area is 197 Å². The van der Waals surface area contributed by atoms with Gasteiger partial charge < -0.3 is 4.90 Å². The Balaban J connectivity index is 1.26. The second-order valence-electron chi connectivity index (χ2n) is 8.11. The Hall–Kier alpha value is -3.58. The Morgan fingerprint density at radius 2 is 1.76 bits per heavy atom. The number of piperidine rings is 1. The molecular formula is C26H25N5OS. The Bertz CT molecular complexity index is 1160. The summed E-state index contributed by atoms with van der Waals surface area (Å²) in [4.78, 5) is 23.2. The minimum absolute atomic E-state index is 0.0367. The van der Waals surface area contributed by atoms with Crippen LogP contribution < -0.4 is 9.80 Å². The molecule has 0 bridgehead atoms. The third kappa shape index (κ3) is 4.93. The lowest BCUT2D eigenvalue weighted by Crippen LogP contribution is -2.43. The highest BCUT2D eigenvalue weighted by Gasteiger charge is 2.30. The van der Waals surface area contributed by atoms with Crippen LogP contribution in [0.3, 0.4) is 0 Å². The summed E-state index contributed by atoms with van der Waals surface area (Å²) in [7, 11) is 0. The van der Waals surface area contributed by atoms with Crippen LogP contribution in [0.1, 0.15) is 18.4 Å². The van der Waals surface area contributed by atoms with E-state index in [0.29, 0.717) is 12.4 Å². The van der Waals surface area contributed by atoms with Gasteiger partial charge in [0.25, 0.3) is 0 Å². The molecule has 1 aliphatic heterocycles. The smallest absolute Gasteiger partial charge is 0.231 e. The van der Waals surface area contributed by atoms with Crippen LogP contribution in [0, 0.1) is 5.92 Å². The Kier molecular flexibility index (Phi) is 6.39. The van der Waals surface area contributed by atoms with Crippen molar-refractivity contribution in [2.45, 2.75) is 19.4 Å². The molecule has 1 aliphatic rings. The minimum Gasteiger partial charge on any atom is -0.355 e. The van der Waals surface area contributed by atoms with Crippen molar-refractivity contribution < 1.29 is 4.79 Å². The number of nitrogens with zero attached hydrogens (tertiary/aromatic N) is 5. The zero-order valence-corrected chi connectivity index (χ0v) is 19.1. The quantitative estimate of drug-likeness (QED) is 0.407. The van der Waals surface area contributed by atoms with E-state index in [4.69, 9.17) is 0 Å². The number of thiophene rings is 1. The van der Waals surface area contributed by atoms with Crippen LogP contribution in [0.4, 0.5) is 11.6 Å². The number of hydrogen-bond donors (Lipinski definition) is 0. The fourth-order valence-corrected chi connectivity index (χ4v) is 4.87. The molecule has 4 heterocycles. The highest BCUT2D eigenvalue weighted by atomic mass is 32.1. The van der Waals surface area contributed by atoms with E-state index in [1.165, 1.54) is 0 Å². The molecule has 0 atom stereocenters. The molecule has 0 aliphatic carbocycles. The average Bonchev–Trinajstić information content (AvgIpc) is 3.43. The molecule has 0 saturated carbocycles. The lowest BCUT2D eigenvalue weighted by molar-refractivity contribution is -0.123. The maximum atomic E-state index is 13.6. The second kappa shape index (κ2) is 9.92. The molecular weight excluding hydrogens is 430 g/mol. The van der Waals surface area contributed by atoms with Gasteiger partial charge in [0.2, 0.25) is 5.91 Å². The van der Waals surface area contributed by atoms with E-state index >= 15 is 0 Å². The van der Waals surface area contributed by atoms with Crippen molar-refractivity contribution in [2.24, 2.45) is 5.92 Å². The summed E-state index contributed by atoms with van der Waals surface area (Å²) in [5.74, 6) is 1.66. The molecule has 1 saturated heterocycles. The van der Waals surface area contributed by atoms with Gasteiger partial charge in [-0.05, 0) is 54.1 Å². The highest BCUT2D eigenvalue weighted by Crippen LogP contribution is 2.27. The van der Waals surface area contributed by atoms with Gasteiger partial charge in [0.1, 0.15) is 11.5 Å². The number of rotatable bonds is 6. The van der Waals surface area contributed by atoms with E-state index in [1.54, 1.807) is 17.5 Å². The number of carbonyl (C=O) groups excluding carboxylic acids is 1. The van der Waals surface area contributed by atoms with E-state index in [9.17, 15) is 4.79 Å². The van der Waals surface area contributed by atoms with Crippen LogP contribution >= 0.6 is 11.3 Å². The summed E-state index contributed by atoms with van der Waals surface area (Å²) in [6, 6.07) is 23.9. The van der Waals surface area contributed by atoms with E-state index in [0.717, 1.165) is 47.9 Å². The monoisotopic (exact) mass is 455 g/mol. The first-order valence-corrected chi connectivity index (χ1v) is 12.0. The topological polar surface area (TPSA) is 62.2 Å². The molecule has 1 fully saturated rings. The molecule has 1 aromatic carbocycles. The summed E-state index contributed by atoms with van der Waals surface area (Å²) >= 11 is 1.66. The van der Waals surface area contributed by atoms with Gasteiger partial charge in [-0.2, -0.15) is 0 Å². The normalized spacial score (nSPS) is 14.2. The number of pyridine rings is 1. The second-order valence-corrected chi connectivity index (χ2v) is 9.06. The first-order chi connectivity index (χ1) is 16.3. The summed E-state index contributed by atoms with van der Waals surface area (Å²) in [6.07, 6.45) is 3.30. The molecule has 6 nitrogen and oxygen atoms in total. The Morgan fingerprint density at radius 3 is 2.42 bits per heavy atom. The van der Waals surface area contributed by atoms with Crippen LogP contribution in [0.5, 0.6) is 0 Å². The molecule has 0 unspecified atom stereocenters. The van der Waals surface area contributed by atoms with Gasteiger partial charge in [0, 0.05) is 25.2 Å². The predicted octanol–water partition coefficient (Wildman–Crippen LogP) is 5.05. The first kappa shape index (κ1) is 21.3. The van der Waals surface area contributed by atoms with Gasteiger partial charge in [-0.15, -0.1) is 21.5 Å². The van der Waals surface area contributed by atoms with Gasteiger partial charge >= 0.3 is 0 Å². The number of anilines is 2. The summed E-state index contributed by atoms with van der Waals surface area (Å²) in [5.41, 5.74) is 1.99. The maximum Gasteiger partial charge on any atom is 0.231 e. The van der Waals surface area contributed by atoms with Crippen LogP contribution in [-0.2, 0) is 11.3 Å². The average molecular weight is 456 g/mol. The third-order valence-electron chi connectivity index (χ3n) is 5.97. The van der Waals surface area contributed by atoms with Crippen molar-refractivity contribution in [3.8, 4) is 10.6 Å². The van der Waals surface area contributed by atoms with Crippen molar-refractivity contribution in [2.75, 3.05) is 22.9 Å². The lowest BCUT2D eigenvalue weighted by Gasteiger charge is -2.34. The number of hydrogen-bond acceptors (Lipinski definition) is 6. The van der Waals surface area contributed by atoms with Crippen LogP contribution in [0.25, 0.3) is 10.6 Å². The molecule has 0 spiro atoms. The largest absolute Gasteiger partial charge is 0.355 e. The van der Waals surface area contributed by atoms with Gasteiger partial charge in [-0.25, -0.2) is 4.98 Å².